The van der Waals surface area contributed by atoms with Crippen molar-refractivity contribution in [3.05, 3.63) is 23.3 Å². The van der Waals surface area contributed by atoms with Crippen LogP contribution >= 0.6 is 12.2 Å². The van der Waals surface area contributed by atoms with Gasteiger partial charge in [-0.15, -0.1) is 0 Å². The Hall–Kier alpha value is -1.18. The van der Waals surface area contributed by atoms with E-state index in [-0.39, 0.29) is 0 Å². The second-order valence-electron chi connectivity index (χ2n) is 6.94. The molecule has 0 aromatic heterocycles. The van der Waals surface area contributed by atoms with Crippen LogP contribution in [-0.2, 0) is 10.0 Å². The molecule has 0 aliphatic heterocycles. The SMILES string of the molecule is CCN(CC)S(=O)(=O)c1cc(C)c(C)c(NC(=S)NC2CCCCC2)c1. The highest BCUT2D eigenvalue weighted by Gasteiger charge is 2.23. The largest absolute Gasteiger partial charge is 0.360 e. The van der Waals surface area contributed by atoms with Gasteiger partial charge in [0.2, 0.25) is 10.0 Å². The van der Waals surface area contributed by atoms with E-state index in [2.05, 4.69) is 10.6 Å². The van der Waals surface area contributed by atoms with E-state index in [1.165, 1.54) is 23.6 Å². The van der Waals surface area contributed by atoms with Crippen LogP contribution in [-0.4, -0.2) is 37.0 Å². The number of anilines is 1. The molecule has 0 amide bonds. The molecule has 0 unspecified atom stereocenters. The van der Waals surface area contributed by atoms with Crippen LogP contribution < -0.4 is 10.6 Å². The van der Waals surface area contributed by atoms with E-state index in [4.69, 9.17) is 12.2 Å². The third kappa shape index (κ3) is 4.96. The van der Waals surface area contributed by atoms with Gasteiger partial charge in [0, 0.05) is 24.8 Å². The lowest BCUT2D eigenvalue weighted by Gasteiger charge is -2.25. The summed E-state index contributed by atoms with van der Waals surface area (Å²) in [5, 5.41) is 7.17. The fraction of sp³-hybridized carbons (Fsp3) is 0.632. The standard InChI is InChI=1S/C19H31N3O2S2/c1-5-22(6-2)26(23,24)17-12-14(3)15(4)18(13-17)21-19(25)20-16-10-8-7-9-11-16/h12-13,16H,5-11H2,1-4H3,(H2,20,21,25). The molecule has 1 saturated carbocycles. The summed E-state index contributed by atoms with van der Waals surface area (Å²) < 4.78 is 27.2. The summed E-state index contributed by atoms with van der Waals surface area (Å²) in [5.41, 5.74) is 2.70. The van der Waals surface area contributed by atoms with E-state index in [1.54, 1.807) is 12.1 Å². The quantitative estimate of drug-likeness (QED) is 0.712. The second-order valence-corrected chi connectivity index (χ2v) is 9.28. The molecule has 146 valence electrons. The molecule has 1 fully saturated rings. The minimum Gasteiger partial charge on any atom is -0.360 e. The first-order valence-electron chi connectivity index (χ1n) is 9.48. The van der Waals surface area contributed by atoms with Crippen LogP contribution in [0.4, 0.5) is 5.69 Å². The predicted molar refractivity (Wildman–Crippen MR) is 112 cm³/mol. The second kappa shape index (κ2) is 9.15. The van der Waals surface area contributed by atoms with Crippen molar-refractivity contribution in [3.63, 3.8) is 0 Å². The number of benzene rings is 1. The van der Waals surface area contributed by atoms with Crippen LogP contribution in [0, 0.1) is 13.8 Å². The maximum Gasteiger partial charge on any atom is 0.243 e. The lowest BCUT2D eigenvalue weighted by molar-refractivity contribution is 0.415. The van der Waals surface area contributed by atoms with Gasteiger partial charge in [-0.05, 0) is 62.2 Å². The Kier molecular flexibility index (Phi) is 7.43. The van der Waals surface area contributed by atoms with Crippen LogP contribution in [0.5, 0.6) is 0 Å². The summed E-state index contributed by atoms with van der Waals surface area (Å²) in [6.07, 6.45) is 6.03. The molecule has 2 rings (SSSR count). The fourth-order valence-electron chi connectivity index (χ4n) is 3.41. The smallest absolute Gasteiger partial charge is 0.243 e. The number of hydrogen-bond donors (Lipinski definition) is 2. The van der Waals surface area contributed by atoms with E-state index in [9.17, 15) is 8.42 Å². The van der Waals surface area contributed by atoms with E-state index in [0.29, 0.717) is 29.1 Å². The van der Waals surface area contributed by atoms with Crippen molar-refractivity contribution in [3.8, 4) is 0 Å². The minimum atomic E-state index is -3.50. The minimum absolute atomic E-state index is 0.312. The molecule has 1 aliphatic rings. The van der Waals surface area contributed by atoms with Gasteiger partial charge in [0.15, 0.2) is 5.11 Å². The molecule has 5 nitrogen and oxygen atoms in total. The Morgan fingerprint density at radius 1 is 1.15 bits per heavy atom. The summed E-state index contributed by atoms with van der Waals surface area (Å²) >= 11 is 5.47. The molecular weight excluding hydrogens is 366 g/mol. The Balaban J connectivity index is 2.23. The number of nitrogens with one attached hydrogen (secondary N) is 2. The summed E-state index contributed by atoms with van der Waals surface area (Å²) in [5.74, 6) is 0. The molecule has 0 heterocycles. The number of rotatable bonds is 6. The van der Waals surface area contributed by atoms with E-state index < -0.39 is 10.0 Å². The molecule has 1 aliphatic carbocycles. The van der Waals surface area contributed by atoms with Crippen LogP contribution in [0.25, 0.3) is 0 Å². The first-order valence-corrected chi connectivity index (χ1v) is 11.3. The van der Waals surface area contributed by atoms with Crippen molar-refractivity contribution < 1.29 is 8.42 Å². The molecule has 2 N–H and O–H groups in total. The van der Waals surface area contributed by atoms with Crippen molar-refractivity contribution in [2.45, 2.75) is 70.7 Å². The van der Waals surface area contributed by atoms with Crippen LogP contribution in [0.2, 0.25) is 0 Å². The number of aryl methyl sites for hydroxylation is 1. The van der Waals surface area contributed by atoms with Gasteiger partial charge in [-0.1, -0.05) is 33.1 Å². The number of sulfonamides is 1. The lowest BCUT2D eigenvalue weighted by Crippen LogP contribution is -2.39. The summed E-state index contributed by atoms with van der Waals surface area (Å²) in [6.45, 7) is 8.52. The maximum atomic E-state index is 12.9. The van der Waals surface area contributed by atoms with E-state index in [1.807, 2.05) is 27.7 Å². The zero-order valence-corrected chi connectivity index (χ0v) is 17.9. The fourth-order valence-corrected chi connectivity index (χ4v) is 5.26. The van der Waals surface area contributed by atoms with Crippen molar-refractivity contribution in [2.75, 3.05) is 18.4 Å². The van der Waals surface area contributed by atoms with Crippen LogP contribution in [0.1, 0.15) is 57.1 Å². The van der Waals surface area contributed by atoms with Crippen molar-refractivity contribution in [1.29, 1.82) is 0 Å². The lowest BCUT2D eigenvalue weighted by atomic mass is 9.96. The Labute approximate surface area is 163 Å². The molecular formula is C19H31N3O2S2. The van der Waals surface area contributed by atoms with Gasteiger partial charge < -0.3 is 10.6 Å². The zero-order valence-electron chi connectivity index (χ0n) is 16.3. The summed E-state index contributed by atoms with van der Waals surface area (Å²) in [7, 11) is -3.50. The highest BCUT2D eigenvalue weighted by molar-refractivity contribution is 7.89. The average Bonchev–Trinajstić information content (AvgIpc) is 2.60. The zero-order chi connectivity index (χ0) is 19.3. The van der Waals surface area contributed by atoms with Crippen LogP contribution in [0.15, 0.2) is 17.0 Å². The van der Waals surface area contributed by atoms with Gasteiger partial charge >= 0.3 is 0 Å². The number of nitrogens with zero attached hydrogens (tertiary/aromatic N) is 1. The Morgan fingerprint density at radius 2 is 1.77 bits per heavy atom. The molecule has 0 spiro atoms. The van der Waals surface area contributed by atoms with Crippen molar-refractivity contribution >= 4 is 33.0 Å². The van der Waals surface area contributed by atoms with Gasteiger partial charge in [0.1, 0.15) is 0 Å². The van der Waals surface area contributed by atoms with E-state index in [0.717, 1.165) is 29.7 Å². The van der Waals surface area contributed by atoms with Gasteiger partial charge in [-0.2, -0.15) is 4.31 Å². The van der Waals surface area contributed by atoms with Crippen LogP contribution in [0.3, 0.4) is 0 Å². The molecule has 0 radical (unpaired) electrons. The van der Waals surface area contributed by atoms with Gasteiger partial charge in [0.05, 0.1) is 4.90 Å². The highest BCUT2D eigenvalue weighted by atomic mass is 32.2. The third-order valence-corrected chi connectivity index (χ3v) is 7.42. The molecule has 1 aromatic carbocycles. The third-order valence-electron chi connectivity index (χ3n) is 5.17. The normalized spacial score (nSPS) is 15.9. The monoisotopic (exact) mass is 397 g/mol. The van der Waals surface area contributed by atoms with Crippen molar-refractivity contribution in [2.24, 2.45) is 0 Å². The first kappa shape index (κ1) is 21.1. The van der Waals surface area contributed by atoms with Gasteiger partial charge in [-0.25, -0.2) is 8.42 Å². The molecule has 0 saturated heterocycles. The molecule has 0 atom stereocenters. The summed E-state index contributed by atoms with van der Waals surface area (Å²) in [4.78, 5) is 0.312. The first-order chi connectivity index (χ1) is 12.3. The molecule has 0 bridgehead atoms. The van der Waals surface area contributed by atoms with Crippen molar-refractivity contribution in [1.82, 2.24) is 9.62 Å². The Morgan fingerprint density at radius 3 is 2.35 bits per heavy atom. The van der Waals surface area contributed by atoms with Gasteiger partial charge in [0.25, 0.3) is 0 Å². The topological polar surface area (TPSA) is 61.4 Å². The number of hydrogen-bond acceptors (Lipinski definition) is 3. The maximum absolute atomic E-state index is 12.9. The predicted octanol–water partition coefficient (Wildman–Crippen LogP) is 3.95. The molecule has 26 heavy (non-hydrogen) atoms. The summed E-state index contributed by atoms with van der Waals surface area (Å²) in [6, 6.07) is 3.85. The molecule has 7 heteroatoms. The van der Waals surface area contributed by atoms with Gasteiger partial charge in [-0.3, -0.25) is 0 Å². The number of thiocarbonyl (C=S) groups is 1. The van der Waals surface area contributed by atoms with E-state index >= 15 is 0 Å². The molecule has 1 aromatic rings. The average molecular weight is 398 g/mol. The Bertz CT molecular complexity index is 737. The highest BCUT2D eigenvalue weighted by Crippen LogP contribution is 2.26.